The molecule has 1 spiro atoms. The molecule has 1 amide bonds. The minimum atomic E-state index is -1.06. The molecule has 1 aliphatic carbocycles. The molecule has 8 heteroatoms. The molecule has 2 fully saturated rings. The molecule has 1 unspecified atom stereocenters. The van der Waals surface area contributed by atoms with Gasteiger partial charge in [0.25, 0.3) is 5.91 Å². The summed E-state index contributed by atoms with van der Waals surface area (Å²) in [6.07, 6.45) is 8.78. The highest BCUT2D eigenvalue weighted by Gasteiger charge is 2.47. The van der Waals surface area contributed by atoms with E-state index in [9.17, 15) is 9.00 Å². The summed E-state index contributed by atoms with van der Waals surface area (Å²) < 4.78 is 15.0. The summed E-state index contributed by atoms with van der Waals surface area (Å²) in [4.78, 5) is 17.7. The number of carbonyl (C=O) groups is 1. The van der Waals surface area contributed by atoms with Crippen LogP contribution in [0.4, 0.5) is 5.69 Å². The number of rotatable bonds is 9. The van der Waals surface area contributed by atoms with Crippen LogP contribution in [0.2, 0.25) is 0 Å². The molecule has 2 aliphatic heterocycles. The number of hydrogen-bond donors (Lipinski definition) is 3. The molecule has 4 rings (SSSR count). The Kier molecular flexibility index (Phi) is 8.20. The lowest BCUT2D eigenvalue weighted by Crippen LogP contribution is -2.49. The van der Waals surface area contributed by atoms with Crippen LogP contribution in [0, 0.1) is 12.8 Å². The number of amides is 1. The zero-order valence-corrected chi connectivity index (χ0v) is 20.6. The van der Waals surface area contributed by atoms with Crippen molar-refractivity contribution < 1.29 is 14.1 Å². The molecule has 1 saturated carbocycles. The lowest BCUT2D eigenvalue weighted by atomic mass is 9.88. The Balaban J connectivity index is 1.27. The summed E-state index contributed by atoms with van der Waals surface area (Å²) in [7, 11) is -1.06. The minimum absolute atomic E-state index is 0.0526. The van der Waals surface area contributed by atoms with E-state index >= 15 is 0 Å². The summed E-state index contributed by atoms with van der Waals surface area (Å²) in [5.41, 5.74) is 2.81. The van der Waals surface area contributed by atoms with Gasteiger partial charge in [-0.1, -0.05) is 25.3 Å². The van der Waals surface area contributed by atoms with Crippen molar-refractivity contribution in [2.75, 3.05) is 37.3 Å². The molecule has 1 aromatic rings. The number of nitrogens with one attached hydrogen (secondary N) is 2. The first kappa shape index (κ1) is 24.4. The van der Waals surface area contributed by atoms with Gasteiger partial charge in [0.1, 0.15) is 11.4 Å². The van der Waals surface area contributed by atoms with E-state index < -0.39 is 16.5 Å². The molecule has 33 heavy (non-hydrogen) atoms. The standard InChI is InChI=1S/C25H38N4O3S/c1-19-18-22(26-13-5-16-30)9-8-20(19)10-17-33(32)29-14-11-25(12-15-29)24(31)27-23(28-25)21-6-3-2-4-7-21/h8-9,18,21,26,30H,2-7,10-17H2,1H3,(H,27,28,31). The Morgan fingerprint density at radius 1 is 1.24 bits per heavy atom. The zero-order chi connectivity index (χ0) is 23.3. The number of benzene rings is 1. The van der Waals surface area contributed by atoms with Crippen LogP contribution in [0.25, 0.3) is 0 Å². The fourth-order valence-electron chi connectivity index (χ4n) is 5.23. The number of piperidine rings is 1. The number of aliphatic hydroxyl groups excluding tert-OH is 1. The molecule has 182 valence electrons. The van der Waals surface area contributed by atoms with Gasteiger partial charge in [-0.05, 0) is 68.7 Å². The summed E-state index contributed by atoms with van der Waals surface area (Å²) >= 11 is 0. The molecule has 0 bridgehead atoms. The second-order valence-corrected chi connectivity index (χ2v) is 11.2. The van der Waals surface area contributed by atoms with Gasteiger partial charge in [0.05, 0.1) is 11.0 Å². The van der Waals surface area contributed by atoms with Gasteiger partial charge >= 0.3 is 0 Å². The van der Waals surface area contributed by atoms with Crippen molar-refractivity contribution in [2.45, 2.75) is 70.3 Å². The van der Waals surface area contributed by atoms with Crippen molar-refractivity contribution in [1.82, 2.24) is 9.62 Å². The van der Waals surface area contributed by atoms with Gasteiger partial charge in [-0.15, -0.1) is 0 Å². The van der Waals surface area contributed by atoms with E-state index in [-0.39, 0.29) is 12.5 Å². The van der Waals surface area contributed by atoms with Crippen molar-refractivity contribution in [1.29, 1.82) is 0 Å². The van der Waals surface area contributed by atoms with E-state index in [4.69, 9.17) is 10.1 Å². The predicted octanol–water partition coefficient (Wildman–Crippen LogP) is 2.94. The number of aryl methyl sites for hydroxylation is 2. The molecule has 3 aliphatic rings. The van der Waals surface area contributed by atoms with Crippen LogP contribution < -0.4 is 10.6 Å². The Labute approximate surface area is 200 Å². The van der Waals surface area contributed by atoms with Gasteiger partial charge in [0, 0.05) is 43.6 Å². The number of aliphatic hydroxyl groups is 1. The number of carbonyl (C=O) groups excluding carboxylic acids is 1. The van der Waals surface area contributed by atoms with Crippen LogP contribution in [0.5, 0.6) is 0 Å². The molecule has 2 heterocycles. The molecular formula is C25H38N4O3S. The van der Waals surface area contributed by atoms with Crippen LogP contribution in [0.3, 0.4) is 0 Å². The van der Waals surface area contributed by atoms with E-state index in [2.05, 4.69) is 29.7 Å². The fraction of sp³-hybridized carbons (Fsp3) is 0.680. The maximum Gasteiger partial charge on any atom is 0.253 e. The fourth-order valence-corrected chi connectivity index (χ4v) is 6.48. The largest absolute Gasteiger partial charge is 0.396 e. The van der Waals surface area contributed by atoms with E-state index in [0.717, 1.165) is 43.8 Å². The van der Waals surface area contributed by atoms with E-state index in [0.29, 0.717) is 37.6 Å². The first-order chi connectivity index (χ1) is 16.0. The monoisotopic (exact) mass is 474 g/mol. The smallest absolute Gasteiger partial charge is 0.253 e. The van der Waals surface area contributed by atoms with Gasteiger partial charge in [-0.2, -0.15) is 0 Å². The van der Waals surface area contributed by atoms with E-state index in [1.165, 1.54) is 30.4 Å². The lowest BCUT2D eigenvalue weighted by Gasteiger charge is -2.34. The quantitative estimate of drug-likeness (QED) is 0.480. The molecule has 3 N–H and O–H groups in total. The molecule has 7 nitrogen and oxygen atoms in total. The summed E-state index contributed by atoms with van der Waals surface area (Å²) in [5, 5.41) is 15.3. The number of nitrogens with zero attached hydrogens (tertiary/aromatic N) is 2. The predicted molar refractivity (Wildman–Crippen MR) is 134 cm³/mol. The van der Waals surface area contributed by atoms with Crippen LogP contribution in [-0.2, 0) is 22.2 Å². The van der Waals surface area contributed by atoms with Gasteiger partial charge in [-0.25, -0.2) is 8.51 Å². The van der Waals surface area contributed by atoms with Crippen molar-refractivity contribution in [3.8, 4) is 0 Å². The van der Waals surface area contributed by atoms with Gasteiger partial charge in [0.2, 0.25) is 0 Å². The molecular weight excluding hydrogens is 436 g/mol. The minimum Gasteiger partial charge on any atom is -0.396 e. The maximum absolute atomic E-state index is 13.0. The van der Waals surface area contributed by atoms with Crippen molar-refractivity contribution in [2.24, 2.45) is 10.9 Å². The highest BCUT2D eigenvalue weighted by atomic mass is 32.2. The highest BCUT2D eigenvalue weighted by molar-refractivity contribution is 7.82. The van der Waals surface area contributed by atoms with Crippen LogP contribution >= 0.6 is 0 Å². The molecule has 1 atom stereocenters. The number of anilines is 1. The molecule has 0 aromatic heterocycles. The highest BCUT2D eigenvalue weighted by Crippen LogP contribution is 2.34. The summed E-state index contributed by atoms with van der Waals surface area (Å²) in [6, 6.07) is 6.26. The lowest BCUT2D eigenvalue weighted by molar-refractivity contribution is -0.124. The molecule has 1 aromatic carbocycles. The third-order valence-electron chi connectivity index (χ3n) is 7.38. The Morgan fingerprint density at radius 2 is 2.00 bits per heavy atom. The average molecular weight is 475 g/mol. The van der Waals surface area contributed by atoms with Gasteiger partial charge in [-0.3, -0.25) is 9.79 Å². The van der Waals surface area contributed by atoms with Crippen molar-refractivity contribution in [3.05, 3.63) is 29.3 Å². The van der Waals surface area contributed by atoms with Crippen LogP contribution in [0.15, 0.2) is 23.2 Å². The van der Waals surface area contributed by atoms with Gasteiger partial charge < -0.3 is 15.7 Å². The second kappa shape index (κ2) is 11.1. The van der Waals surface area contributed by atoms with Crippen molar-refractivity contribution in [3.63, 3.8) is 0 Å². The average Bonchev–Trinajstić information content (AvgIpc) is 3.15. The summed E-state index contributed by atoms with van der Waals surface area (Å²) in [6.45, 7) is 4.31. The third-order valence-corrected chi connectivity index (χ3v) is 8.88. The maximum atomic E-state index is 13.0. The number of aliphatic imine (C=N–C) groups is 1. The van der Waals surface area contributed by atoms with Crippen molar-refractivity contribution >= 4 is 28.4 Å². The van der Waals surface area contributed by atoms with Crippen LogP contribution in [-0.4, -0.2) is 62.9 Å². The SMILES string of the molecule is Cc1cc(NCCCO)ccc1CCS(=O)N1CCC2(CC1)N=C(C1CCCCC1)NC2=O. The molecule has 1 saturated heterocycles. The number of hydrogen-bond acceptors (Lipinski definition) is 5. The Morgan fingerprint density at radius 3 is 2.70 bits per heavy atom. The van der Waals surface area contributed by atoms with Gasteiger partial charge in [0.15, 0.2) is 0 Å². The normalized spacial score (nSPS) is 22.2. The Bertz CT molecular complexity index is 890. The van der Waals surface area contributed by atoms with E-state index in [1.54, 1.807) is 0 Å². The first-order valence-corrected chi connectivity index (χ1v) is 13.8. The zero-order valence-electron chi connectivity index (χ0n) is 19.8. The first-order valence-electron chi connectivity index (χ1n) is 12.5. The topological polar surface area (TPSA) is 94.0 Å². The Hall–Kier alpha value is -1.77. The summed E-state index contributed by atoms with van der Waals surface area (Å²) in [5.74, 6) is 1.97. The van der Waals surface area contributed by atoms with Crippen LogP contribution in [0.1, 0.15) is 62.5 Å². The number of amidine groups is 1. The second-order valence-electron chi connectivity index (χ2n) is 9.67. The molecule has 0 radical (unpaired) electrons. The van der Waals surface area contributed by atoms with E-state index in [1.807, 2.05) is 10.4 Å². The third kappa shape index (κ3) is 5.84.